The number of benzene rings is 1. The van der Waals surface area contributed by atoms with Gasteiger partial charge in [0.15, 0.2) is 0 Å². The molecular formula is C12H16N2O2. The van der Waals surface area contributed by atoms with Crippen LogP contribution in [0.15, 0.2) is 24.3 Å². The minimum Gasteiger partial charge on any atom is -0.389 e. The van der Waals surface area contributed by atoms with E-state index >= 15 is 0 Å². The van der Waals surface area contributed by atoms with Crippen molar-refractivity contribution in [3.63, 3.8) is 0 Å². The van der Waals surface area contributed by atoms with Gasteiger partial charge in [0.05, 0.1) is 24.3 Å². The van der Waals surface area contributed by atoms with Gasteiger partial charge in [-0.05, 0) is 31.2 Å². The average molecular weight is 220 g/mol. The van der Waals surface area contributed by atoms with Crippen molar-refractivity contribution in [2.45, 2.75) is 13.0 Å². The lowest BCUT2D eigenvalue weighted by Gasteiger charge is -2.12. The van der Waals surface area contributed by atoms with Crippen molar-refractivity contribution in [3.05, 3.63) is 29.8 Å². The molecule has 16 heavy (non-hydrogen) atoms. The molecule has 1 aromatic rings. The third kappa shape index (κ3) is 4.30. The standard InChI is InChI=1S/C12H16N2O2/c1-2-16-9-12(15)8-14-11-5-3-10(7-13)4-6-11/h3-6,12,14-15H,2,8-9H2,1H3. The van der Waals surface area contributed by atoms with E-state index in [1.807, 2.05) is 25.1 Å². The van der Waals surface area contributed by atoms with Crippen molar-refractivity contribution in [1.29, 1.82) is 5.26 Å². The monoisotopic (exact) mass is 220 g/mol. The molecule has 86 valence electrons. The Hall–Kier alpha value is -1.57. The molecule has 0 heterocycles. The fourth-order valence-corrected chi connectivity index (χ4v) is 1.21. The molecule has 0 aliphatic carbocycles. The molecule has 0 saturated carbocycles. The Bertz CT molecular complexity index is 343. The highest BCUT2D eigenvalue weighted by Crippen LogP contribution is 2.08. The van der Waals surface area contributed by atoms with Crippen molar-refractivity contribution in [2.75, 3.05) is 25.1 Å². The van der Waals surface area contributed by atoms with Gasteiger partial charge >= 0.3 is 0 Å². The molecule has 4 heteroatoms. The minimum atomic E-state index is -0.518. The Morgan fingerprint density at radius 2 is 2.12 bits per heavy atom. The maximum Gasteiger partial charge on any atom is 0.0991 e. The lowest BCUT2D eigenvalue weighted by atomic mass is 10.2. The van der Waals surface area contributed by atoms with Crippen LogP contribution in [0.25, 0.3) is 0 Å². The Kier molecular flexibility index (Phi) is 5.34. The summed E-state index contributed by atoms with van der Waals surface area (Å²) in [6.07, 6.45) is -0.518. The average Bonchev–Trinajstić information content (AvgIpc) is 2.34. The zero-order chi connectivity index (χ0) is 11.8. The Morgan fingerprint density at radius 3 is 2.69 bits per heavy atom. The molecule has 0 aromatic heterocycles. The topological polar surface area (TPSA) is 65.3 Å². The summed E-state index contributed by atoms with van der Waals surface area (Å²) in [4.78, 5) is 0. The number of nitriles is 1. The third-order valence-corrected chi connectivity index (χ3v) is 2.07. The molecule has 4 nitrogen and oxygen atoms in total. The second-order valence-corrected chi connectivity index (χ2v) is 3.38. The summed E-state index contributed by atoms with van der Waals surface area (Å²) >= 11 is 0. The third-order valence-electron chi connectivity index (χ3n) is 2.07. The number of nitrogens with one attached hydrogen (secondary N) is 1. The van der Waals surface area contributed by atoms with Crippen LogP contribution >= 0.6 is 0 Å². The molecule has 0 fully saturated rings. The van der Waals surface area contributed by atoms with Gasteiger partial charge in [-0.1, -0.05) is 0 Å². The molecule has 2 N–H and O–H groups in total. The van der Waals surface area contributed by atoms with E-state index in [1.54, 1.807) is 12.1 Å². The number of anilines is 1. The van der Waals surface area contributed by atoms with Crippen LogP contribution in [0.3, 0.4) is 0 Å². The summed E-state index contributed by atoms with van der Waals surface area (Å²) in [6.45, 7) is 3.26. The molecule has 0 aliphatic heterocycles. The van der Waals surface area contributed by atoms with Gasteiger partial charge in [-0.25, -0.2) is 0 Å². The zero-order valence-corrected chi connectivity index (χ0v) is 9.31. The van der Waals surface area contributed by atoms with E-state index in [9.17, 15) is 5.11 Å². The molecule has 0 radical (unpaired) electrons. The predicted octanol–water partition coefficient (Wildman–Crippen LogP) is 1.37. The van der Waals surface area contributed by atoms with Crippen molar-refractivity contribution < 1.29 is 9.84 Å². The van der Waals surface area contributed by atoms with Crippen LogP contribution in [0.2, 0.25) is 0 Å². The van der Waals surface area contributed by atoms with Crippen LogP contribution < -0.4 is 5.32 Å². The van der Waals surface area contributed by atoms with Gasteiger partial charge in [0.25, 0.3) is 0 Å². The van der Waals surface area contributed by atoms with Crippen molar-refractivity contribution in [2.24, 2.45) is 0 Å². The molecule has 0 bridgehead atoms. The number of aliphatic hydroxyl groups excluding tert-OH is 1. The summed E-state index contributed by atoms with van der Waals surface area (Å²) in [7, 11) is 0. The molecular weight excluding hydrogens is 204 g/mol. The summed E-state index contributed by atoms with van der Waals surface area (Å²) in [5.74, 6) is 0. The van der Waals surface area contributed by atoms with Gasteiger partial charge in [0, 0.05) is 18.8 Å². The first-order valence-electron chi connectivity index (χ1n) is 5.26. The molecule has 1 aromatic carbocycles. The smallest absolute Gasteiger partial charge is 0.0991 e. The lowest BCUT2D eigenvalue weighted by Crippen LogP contribution is -2.24. The quantitative estimate of drug-likeness (QED) is 0.760. The second-order valence-electron chi connectivity index (χ2n) is 3.38. The number of nitrogens with zero attached hydrogens (tertiary/aromatic N) is 1. The van der Waals surface area contributed by atoms with Gasteiger partial charge in [-0.2, -0.15) is 5.26 Å². The highest BCUT2D eigenvalue weighted by Gasteiger charge is 2.03. The zero-order valence-electron chi connectivity index (χ0n) is 9.31. The van der Waals surface area contributed by atoms with Gasteiger partial charge in [-0.3, -0.25) is 0 Å². The molecule has 0 spiro atoms. The first-order valence-corrected chi connectivity index (χ1v) is 5.26. The van der Waals surface area contributed by atoms with E-state index in [1.165, 1.54) is 0 Å². The number of hydrogen-bond donors (Lipinski definition) is 2. The number of hydrogen-bond acceptors (Lipinski definition) is 4. The summed E-state index contributed by atoms with van der Waals surface area (Å²) < 4.78 is 5.09. The second kappa shape index (κ2) is 6.83. The maximum atomic E-state index is 9.50. The first-order chi connectivity index (χ1) is 7.76. The van der Waals surface area contributed by atoms with Crippen LogP contribution in [0.1, 0.15) is 12.5 Å². The van der Waals surface area contributed by atoms with Crippen molar-refractivity contribution in [3.8, 4) is 6.07 Å². The highest BCUT2D eigenvalue weighted by atomic mass is 16.5. The number of ether oxygens (including phenoxy) is 1. The Morgan fingerprint density at radius 1 is 1.44 bits per heavy atom. The summed E-state index contributed by atoms with van der Waals surface area (Å²) in [5, 5.41) is 21.2. The maximum absolute atomic E-state index is 9.50. The molecule has 0 amide bonds. The normalized spacial score (nSPS) is 11.8. The minimum absolute atomic E-state index is 0.333. The SMILES string of the molecule is CCOCC(O)CNc1ccc(C#N)cc1. The van der Waals surface area contributed by atoms with E-state index in [0.717, 1.165) is 5.69 Å². The van der Waals surface area contributed by atoms with Crippen LogP contribution in [0.5, 0.6) is 0 Å². The fourth-order valence-electron chi connectivity index (χ4n) is 1.21. The van der Waals surface area contributed by atoms with E-state index in [2.05, 4.69) is 5.32 Å². The van der Waals surface area contributed by atoms with Gasteiger partial charge < -0.3 is 15.2 Å². The van der Waals surface area contributed by atoms with E-state index in [0.29, 0.717) is 25.3 Å². The van der Waals surface area contributed by atoms with Crippen LogP contribution in [-0.2, 0) is 4.74 Å². The predicted molar refractivity (Wildman–Crippen MR) is 62.1 cm³/mol. The largest absolute Gasteiger partial charge is 0.389 e. The van der Waals surface area contributed by atoms with Crippen LogP contribution in [0.4, 0.5) is 5.69 Å². The van der Waals surface area contributed by atoms with Crippen LogP contribution in [0, 0.1) is 11.3 Å². The van der Waals surface area contributed by atoms with E-state index < -0.39 is 6.10 Å². The van der Waals surface area contributed by atoms with E-state index in [-0.39, 0.29) is 0 Å². The van der Waals surface area contributed by atoms with Crippen molar-refractivity contribution >= 4 is 5.69 Å². The lowest BCUT2D eigenvalue weighted by molar-refractivity contribution is 0.0496. The Labute approximate surface area is 95.5 Å². The number of rotatable bonds is 6. The molecule has 1 rings (SSSR count). The van der Waals surface area contributed by atoms with Crippen LogP contribution in [-0.4, -0.2) is 31.0 Å². The first kappa shape index (κ1) is 12.5. The van der Waals surface area contributed by atoms with Gasteiger partial charge in [0.2, 0.25) is 0 Å². The fraction of sp³-hybridized carbons (Fsp3) is 0.417. The van der Waals surface area contributed by atoms with Gasteiger partial charge in [-0.15, -0.1) is 0 Å². The van der Waals surface area contributed by atoms with Crippen molar-refractivity contribution in [1.82, 2.24) is 0 Å². The van der Waals surface area contributed by atoms with Gasteiger partial charge in [0.1, 0.15) is 0 Å². The molecule has 0 saturated heterocycles. The molecule has 1 unspecified atom stereocenters. The molecule has 1 atom stereocenters. The highest BCUT2D eigenvalue weighted by molar-refractivity contribution is 5.47. The van der Waals surface area contributed by atoms with E-state index in [4.69, 9.17) is 10.00 Å². The molecule has 0 aliphatic rings. The summed E-state index contributed by atoms with van der Waals surface area (Å²) in [5.41, 5.74) is 1.51. The summed E-state index contributed by atoms with van der Waals surface area (Å²) in [6, 6.07) is 9.14. The number of aliphatic hydroxyl groups is 1. The Balaban J connectivity index is 2.34.